The summed E-state index contributed by atoms with van der Waals surface area (Å²) in [6, 6.07) is 9.03. The highest BCUT2D eigenvalue weighted by atomic mass is 16.6. The van der Waals surface area contributed by atoms with Crippen molar-refractivity contribution in [3.05, 3.63) is 53.1 Å². The van der Waals surface area contributed by atoms with Crippen LogP contribution in [0.15, 0.2) is 36.4 Å². The van der Waals surface area contributed by atoms with Crippen molar-refractivity contribution in [3.63, 3.8) is 0 Å². The van der Waals surface area contributed by atoms with E-state index in [4.69, 9.17) is 4.74 Å². The lowest BCUT2D eigenvalue weighted by Gasteiger charge is -2.16. The lowest BCUT2D eigenvalue weighted by Crippen LogP contribution is -2.19. The van der Waals surface area contributed by atoms with Gasteiger partial charge in [0.15, 0.2) is 0 Å². The largest absolute Gasteiger partial charge is 0.386 e. The zero-order valence-electron chi connectivity index (χ0n) is 11.7. The van der Waals surface area contributed by atoms with Gasteiger partial charge in [-0.2, -0.15) is 0 Å². The fourth-order valence-electron chi connectivity index (χ4n) is 2.55. The summed E-state index contributed by atoms with van der Waals surface area (Å²) in [6.07, 6.45) is 5.01. The van der Waals surface area contributed by atoms with E-state index in [0.717, 1.165) is 23.9 Å². The molecule has 0 fully saturated rings. The van der Waals surface area contributed by atoms with Crippen LogP contribution in [0.3, 0.4) is 0 Å². The molecule has 21 heavy (non-hydrogen) atoms. The van der Waals surface area contributed by atoms with E-state index in [1.807, 2.05) is 31.3 Å². The number of carbonyl (C=O) groups excluding carboxylic acids is 2. The van der Waals surface area contributed by atoms with Crippen LogP contribution in [0.1, 0.15) is 32.7 Å². The van der Waals surface area contributed by atoms with Crippen LogP contribution in [0, 0.1) is 0 Å². The summed E-state index contributed by atoms with van der Waals surface area (Å²) in [5, 5.41) is 4.67. The number of hydrogen-bond acceptors (Lipinski definition) is 4. The Morgan fingerprint density at radius 2 is 1.86 bits per heavy atom. The molecular weight excluding hydrogens is 266 g/mol. The van der Waals surface area contributed by atoms with E-state index in [1.165, 1.54) is 0 Å². The zero-order valence-corrected chi connectivity index (χ0v) is 11.7. The van der Waals surface area contributed by atoms with Crippen LogP contribution in [-0.4, -0.2) is 25.5 Å². The van der Waals surface area contributed by atoms with Gasteiger partial charge in [-0.05, 0) is 43.1 Å². The van der Waals surface area contributed by atoms with Crippen molar-refractivity contribution in [2.75, 3.05) is 13.6 Å². The molecule has 0 aliphatic carbocycles. The van der Waals surface area contributed by atoms with Crippen LogP contribution >= 0.6 is 0 Å². The first-order valence-electron chi connectivity index (χ1n) is 6.86. The van der Waals surface area contributed by atoms with E-state index in [0.29, 0.717) is 16.5 Å². The average molecular weight is 281 g/mol. The number of ether oxygens (including phenoxy) is 1. The van der Waals surface area contributed by atoms with Crippen molar-refractivity contribution >= 4 is 28.8 Å². The van der Waals surface area contributed by atoms with Gasteiger partial charge in [-0.25, -0.2) is 9.59 Å². The summed E-state index contributed by atoms with van der Waals surface area (Å²) >= 11 is 0. The Bertz CT molecular complexity index is 742. The van der Waals surface area contributed by atoms with Crippen molar-refractivity contribution in [1.29, 1.82) is 0 Å². The Balaban J connectivity index is 2.14. The quantitative estimate of drug-likeness (QED) is 0.532. The molecule has 0 saturated carbocycles. The van der Waals surface area contributed by atoms with Crippen molar-refractivity contribution < 1.29 is 14.3 Å². The number of cyclic esters (lactones) is 2. The van der Waals surface area contributed by atoms with Crippen LogP contribution in [0.5, 0.6) is 0 Å². The topological polar surface area (TPSA) is 55.4 Å². The number of hydrogen-bond donors (Lipinski definition) is 1. The smallest absolute Gasteiger partial charge is 0.346 e. The predicted molar refractivity (Wildman–Crippen MR) is 81.3 cm³/mol. The summed E-state index contributed by atoms with van der Waals surface area (Å²) in [4.78, 5) is 23.6. The molecule has 1 aliphatic rings. The van der Waals surface area contributed by atoms with Gasteiger partial charge < -0.3 is 10.1 Å². The maximum atomic E-state index is 11.8. The van der Waals surface area contributed by atoms with Crippen molar-refractivity contribution in [1.82, 2.24) is 5.32 Å². The van der Waals surface area contributed by atoms with E-state index in [9.17, 15) is 9.59 Å². The van der Waals surface area contributed by atoms with E-state index in [2.05, 4.69) is 11.4 Å². The van der Waals surface area contributed by atoms with Gasteiger partial charge in [0.25, 0.3) is 0 Å². The van der Waals surface area contributed by atoms with Crippen LogP contribution < -0.4 is 5.32 Å². The third-order valence-corrected chi connectivity index (χ3v) is 3.56. The SMILES string of the molecule is CNCCC=Cc1ccc2c3c(cccc13)C(=O)OC2=O. The maximum absolute atomic E-state index is 11.8. The first-order valence-corrected chi connectivity index (χ1v) is 6.86. The van der Waals surface area contributed by atoms with Crippen LogP contribution in [0.2, 0.25) is 0 Å². The third-order valence-electron chi connectivity index (χ3n) is 3.56. The second-order valence-electron chi connectivity index (χ2n) is 4.90. The lowest BCUT2D eigenvalue weighted by molar-refractivity contribution is 0.0391. The molecule has 4 nitrogen and oxygen atoms in total. The fraction of sp³-hybridized carbons (Fsp3) is 0.176. The van der Waals surface area contributed by atoms with Crippen LogP contribution in [0.25, 0.3) is 16.8 Å². The first kappa shape index (κ1) is 13.5. The van der Waals surface area contributed by atoms with Gasteiger partial charge in [0, 0.05) is 5.39 Å². The molecule has 1 aliphatic heterocycles. The highest BCUT2D eigenvalue weighted by Gasteiger charge is 2.27. The van der Waals surface area contributed by atoms with Gasteiger partial charge in [-0.1, -0.05) is 30.4 Å². The maximum Gasteiger partial charge on any atom is 0.346 e. The normalized spacial score (nSPS) is 14.0. The number of esters is 2. The molecule has 1 N–H and O–H groups in total. The van der Waals surface area contributed by atoms with E-state index < -0.39 is 11.9 Å². The monoisotopic (exact) mass is 281 g/mol. The predicted octanol–water partition coefficient (Wildman–Crippen LogP) is 2.77. The van der Waals surface area contributed by atoms with Gasteiger partial charge in [-0.15, -0.1) is 0 Å². The zero-order chi connectivity index (χ0) is 14.8. The van der Waals surface area contributed by atoms with E-state index in [-0.39, 0.29) is 0 Å². The third kappa shape index (κ3) is 2.34. The summed E-state index contributed by atoms with van der Waals surface area (Å²) in [6.45, 7) is 0.905. The number of rotatable bonds is 4. The Labute approximate surface area is 122 Å². The lowest BCUT2D eigenvalue weighted by atomic mass is 9.93. The number of benzene rings is 2. The molecule has 0 atom stereocenters. The Hall–Kier alpha value is -2.46. The summed E-state index contributed by atoms with van der Waals surface area (Å²) in [7, 11) is 1.91. The van der Waals surface area contributed by atoms with Gasteiger partial charge in [0.05, 0.1) is 11.1 Å². The number of carbonyl (C=O) groups is 2. The van der Waals surface area contributed by atoms with Crippen LogP contribution in [0.4, 0.5) is 0 Å². The summed E-state index contributed by atoms with van der Waals surface area (Å²) < 4.78 is 4.75. The summed E-state index contributed by atoms with van der Waals surface area (Å²) in [5.74, 6) is -1.15. The minimum atomic E-state index is -0.575. The molecule has 1 heterocycles. The minimum absolute atomic E-state index is 0.451. The van der Waals surface area contributed by atoms with Gasteiger partial charge >= 0.3 is 11.9 Å². The van der Waals surface area contributed by atoms with Crippen molar-refractivity contribution in [2.24, 2.45) is 0 Å². The molecule has 0 bridgehead atoms. The molecule has 2 aromatic rings. The molecule has 0 amide bonds. The Morgan fingerprint density at radius 3 is 2.62 bits per heavy atom. The number of nitrogens with one attached hydrogen (secondary N) is 1. The molecule has 3 rings (SSSR count). The highest BCUT2D eigenvalue weighted by molar-refractivity contribution is 6.21. The van der Waals surface area contributed by atoms with Crippen molar-refractivity contribution in [3.8, 4) is 0 Å². The average Bonchev–Trinajstić information content (AvgIpc) is 2.49. The molecule has 0 aromatic heterocycles. The molecule has 4 heteroatoms. The second kappa shape index (κ2) is 5.50. The summed E-state index contributed by atoms with van der Waals surface area (Å²) in [5.41, 5.74) is 1.90. The van der Waals surface area contributed by atoms with Crippen molar-refractivity contribution in [2.45, 2.75) is 6.42 Å². The molecule has 0 radical (unpaired) electrons. The standard InChI is InChI=1S/C17H15NO3/c1-18-10-3-2-5-11-8-9-14-15-12(11)6-4-7-13(15)16(19)21-17(14)20/h2,4-9,18H,3,10H2,1H3. The van der Waals surface area contributed by atoms with Gasteiger partial charge in [-0.3, -0.25) is 0 Å². The molecule has 106 valence electrons. The first-order chi connectivity index (χ1) is 10.2. The second-order valence-corrected chi connectivity index (χ2v) is 4.90. The molecular formula is C17H15NO3. The minimum Gasteiger partial charge on any atom is -0.386 e. The highest BCUT2D eigenvalue weighted by Crippen LogP contribution is 2.31. The Kier molecular flexibility index (Phi) is 3.54. The van der Waals surface area contributed by atoms with E-state index >= 15 is 0 Å². The van der Waals surface area contributed by atoms with E-state index in [1.54, 1.807) is 12.1 Å². The molecule has 0 spiro atoms. The van der Waals surface area contributed by atoms with Crippen LogP contribution in [-0.2, 0) is 4.74 Å². The fourth-order valence-corrected chi connectivity index (χ4v) is 2.55. The Morgan fingerprint density at radius 1 is 1.10 bits per heavy atom. The van der Waals surface area contributed by atoms with Gasteiger partial charge in [0.2, 0.25) is 0 Å². The molecule has 2 aromatic carbocycles. The molecule has 0 unspecified atom stereocenters. The van der Waals surface area contributed by atoms with Gasteiger partial charge in [0.1, 0.15) is 0 Å². The molecule has 0 saturated heterocycles.